The van der Waals surface area contributed by atoms with E-state index in [1.165, 1.54) is 15.8 Å². The normalized spacial score (nSPS) is 17.7. The van der Waals surface area contributed by atoms with Crippen molar-refractivity contribution >= 4 is 17.9 Å². The van der Waals surface area contributed by atoms with Crippen LogP contribution in [0.25, 0.3) is 0 Å². The van der Waals surface area contributed by atoms with Gasteiger partial charge in [0.1, 0.15) is 12.2 Å². The number of nitrogens with one attached hydrogen (secondary N) is 1. The molecule has 1 atom stereocenters. The summed E-state index contributed by atoms with van der Waals surface area (Å²) in [6.07, 6.45) is 2.02. The Labute approximate surface area is 119 Å². The third kappa shape index (κ3) is 3.91. The van der Waals surface area contributed by atoms with Gasteiger partial charge in [-0.2, -0.15) is 0 Å². The van der Waals surface area contributed by atoms with Crippen molar-refractivity contribution in [2.75, 3.05) is 13.1 Å². The average Bonchev–Trinajstić information content (AvgIpc) is 3.04. The first-order valence-electron chi connectivity index (χ1n) is 6.38. The molecule has 10 nitrogen and oxygen atoms in total. The predicted octanol–water partition coefficient (Wildman–Crippen LogP) is -1.62. The Morgan fingerprint density at radius 3 is 2.86 bits per heavy atom. The lowest BCUT2D eigenvalue weighted by molar-refractivity contribution is -0.138. The van der Waals surface area contributed by atoms with E-state index in [1.54, 1.807) is 0 Å². The van der Waals surface area contributed by atoms with Crippen LogP contribution in [-0.4, -0.2) is 56.0 Å². The number of nitrogens with two attached hydrogens (primary N) is 1. The van der Waals surface area contributed by atoms with Gasteiger partial charge in [0, 0.05) is 13.1 Å². The summed E-state index contributed by atoms with van der Waals surface area (Å²) in [4.78, 5) is 34.9. The van der Waals surface area contributed by atoms with E-state index in [4.69, 9.17) is 10.8 Å². The van der Waals surface area contributed by atoms with Crippen molar-refractivity contribution in [3.63, 3.8) is 0 Å². The zero-order valence-electron chi connectivity index (χ0n) is 11.2. The molecule has 3 amide bonds. The van der Waals surface area contributed by atoms with Crippen molar-refractivity contribution in [2.45, 2.75) is 19.5 Å². The molecule has 0 bridgehead atoms. The molecule has 0 aromatic carbocycles. The highest BCUT2D eigenvalue weighted by Gasteiger charge is 2.29. The molecule has 1 aliphatic heterocycles. The summed E-state index contributed by atoms with van der Waals surface area (Å²) < 4.78 is 1.17. The molecule has 4 N–H and O–H groups in total. The highest BCUT2D eigenvalue weighted by atomic mass is 16.4. The summed E-state index contributed by atoms with van der Waals surface area (Å²) in [5, 5.41) is 18.6. The van der Waals surface area contributed by atoms with E-state index in [0.717, 1.165) is 0 Å². The third-order valence-corrected chi connectivity index (χ3v) is 3.18. The van der Waals surface area contributed by atoms with Crippen LogP contribution < -0.4 is 11.1 Å². The van der Waals surface area contributed by atoms with E-state index in [2.05, 4.69) is 15.6 Å². The van der Waals surface area contributed by atoms with Crippen LogP contribution in [0, 0.1) is 5.92 Å². The van der Waals surface area contributed by atoms with E-state index in [-0.39, 0.29) is 25.0 Å². The number of hydrogen-bond donors (Lipinski definition) is 3. The molecule has 1 saturated heterocycles. The van der Waals surface area contributed by atoms with Crippen molar-refractivity contribution in [3.8, 4) is 0 Å². The van der Waals surface area contributed by atoms with Crippen LogP contribution >= 0.6 is 0 Å². The maximum absolute atomic E-state index is 11.9. The Morgan fingerprint density at radius 2 is 2.24 bits per heavy atom. The molecule has 1 aliphatic rings. The number of carbonyl (C=O) groups excluding carboxylic acids is 2. The molecule has 1 aromatic rings. The zero-order chi connectivity index (χ0) is 15.4. The molecule has 0 aliphatic carbocycles. The Morgan fingerprint density at radius 1 is 1.48 bits per heavy atom. The monoisotopic (exact) mass is 296 g/mol. The number of likely N-dealkylation sites (tertiary alicyclic amines) is 1. The molecule has 1 aromatic heterocycles. The largest absolute Gasteiger partial charge is 0.480 e. The zero-order valence-corrected chi connectivity index (χ0v) is 11.2. The minimum atomic E-state index is -1.02. The molecular formula is C11H16N6O4. The molecule has 1 unspecified atom stereocenters. The Balaban J connectivity index is 1.80. The number of nitrogens with zero attached hydrogens (tertiary/aromatic N) is 4. The number of aromatic nitrogens is 3. The quantitative estimate of drug-likeness (QED) is 0.595. The standard InChI is InChI=1S/C11H16N6O4/c12-10(20)7-1-2-16(4-7)11(21)13-3-8-5-17(15-14-8)6-9(18)19/h5,7H,1-4,6H2,(H2,12,20)(H,13,21)(H,18,19). The Hall–Kier alpha value is -2.65. The summed E-state index contributed by atoms with van der Waals surface area (Å²) in [5.41, 5.74) is 5.66. The van der Waals surface area contributed by atoms with Crippen LogP contribution in [0.3, 0.4) is 0 Å². The van der Waals surface area contributed by atoms with E-state index in [0.29, 0.717) is 25.2 Å². The molecule has 21 heavy (non-hydrogen) atoms. The smallest absolute Gasteiger partial charge is 0.325 e. The van der Waals surface area contributed by atoms with Crippen molar-refractivity contribution in [2.24, 2.45) is 11.7 Å². The van der Waals surface area contributed by atoms with Crippen molar-refractivity contribution in [1.82, 2.24) is 25.2 Å². The van der Waals surface area contributed by atoms with Gasteiger partial charge < -0.3 is 21.1 Å². The number of primary amides is 1. The number of rotatable bonds is 5. The van der Waals surface area contributed by atoms with E-state index in [9.17, 15) is 14.4 Å². The fraction of sp³-hybridized carbons (Fsp3) is 0.545. The lowest BCUT2D eigenvalue weighted by Gasteiger charge is -2.16. The van der Waals surface area contributed by atoms with Gasteiger partial charge in [-0.1, -0.05) is 5.21 Å². The third-order valence-electron chi connectivity index (χ3n) is 3.18. The summed E-state index contributed by atoms with van der Waals surface area (Å²) in [5.74, 6) is -1.72. The van der Waals surface area contributed by atoms with Crippen LogP contribution in [0.4, 0.5) is 4.79 Å². The summed E-state index contributed by atoms with van der Waals surface area (Å²) in [6, 6.07) is -0.313. The predicted molar refractivity (Wildman–Crippen MR) is 68.8 cm³/mol. The molecule has 1 fully saturated rings. The second kappa shape index (κ2) is 6.20. The SMILES string of the molecule is NC(=O)C1CCN(C(=O)NCc2cn(CC(=O)O)nn2)C1. The Bertz CT molecular complexity index is 557. The number of carbonyl (C=O) groups is 3. The number of urea groups is 1. The fourth-order valence-electron chi connectivity index (χ4n) is 2.09. The van der Waals surface area contributed by atoms with Crippen molar-refractivity contribution in [3.05, 3.63) is 11.9 Å². The minimum absolute atomic E-state index is 0.135. The van der Waals surface area contributed by atoms with E-state index >= 15 is 0 Å². The minimum Gasteiger partial charge on any atom is -0.480 e. The van der Waals surface area contributed by atoms with E-state index < -0.39 is 11.9 Å². The lowest BCUT2D eigenvalue weighted by Crippen LogP contribution is -2.39. The highest BCUT2D eigenvalue weighted by Crippen LogP contribution is 2.15. The summed E-state index contributed by atoms with van der Waals surface area (Å²) in [6.45, 7) is 0.640. The molecule has 114 valence electrons. The molecule has 2 rings (SSSR count). The van der Waals surface area contributed by atoms with E-state index in [1.807, 2.05) is 0 Å². The van der Waals surface area contributed by atoms with Gasteiger partial charge in [0.15, 0.2) is 0 Å². The summed E-state index contributed by atoms with van der Waals surface area (Å²) >= 11 is 0. The lowest BCUT2D eigenvalue weighted by atomic mass is 10.1. The number of amides is 3. The van der Waals surface area contributed by atoms with Crippen LogP contribution in [-0.2, 0) is 22.7 Å². The van der Waals surface area contributed by atoms with Gasteiger partial charge in [0.25, 0.3) is 0 Å². The number of hydrogen-bond acceptors (Lipinski definition) is 5. The van der Waals surface area contributed by atoms with Gasteiger partial charge in [-0.15, -0.1) is 5.10 Å². The van der Waals surface area contributed by atoms with Gasteiger partial charge >= 0.3 is 12.0 Å². The second-order valence-electron chi connectivity index (χ2n) is 4.79. The van der Waals surface area contributed by atoms with Crippen LogP contribution in [0.2, 0.25) is 0 Å². The first-order chi connectivity index (χ1) is 9.95. The van der Waals surface area contributed by atoms with Crippen LogP contribution in [0.15, 0.2) is 6.20 Å². The average molecular weight is 296 g/mol. The van der Waals surface area contributed by atoms with Crippen molar-refractivity contribution in [1.29, 1.82) is 0 Å². The number of carboxylic acids is 1. The maximum atomic E-state index is 11.9. The first kappa shape index (κ1) is 14.8. The number of carboxylic acid groups (broad SMARTS) is 1. The first-order valence-corrected chi connectivity index (χ1v) is 6.38. The highest BCUT2D eigenvalue weighted by molar-refractivity contribution is 5.80. The fourth-order valence-corrected chi connectivity index (χ4v) is 2.09. The van der Waals surface area contributed by atoms with Gasteiger partial charge in [-0.3, -0.25) is 9.59 Å². The molecule has 0 saturated carbocycles. The van der Waals surface area contributed by atoms with Crippen molar-refractivity contribution < 1.29 is 19.5 Å². The van der Waals surface area contributed by atoms with Crippen LogP contribution in [0.1, 0.15) is 12.1 Å². The number of aliphatic carboxylic acids is 1. The van der Waals surface area contributed by atoms with Gasteiger partial charge in [-0.05, 0) is 6.42 Å². The van der Waals surface area contributed by atoms with Crippen LogP contribution in [0.5, 0.6) is 0 Å². The second-order valence-corrected chi connectivity index (χ2v) is 4.79. The molecule has 10 heteroatoms. The molecule has 2 heterocycles. The van der Waals surface area contributed by atoms with Gasteiger partial charge in [0.2, 0.25) is 5.91 Å². The molecule has 0 radical (unpaired) electrons. The maximum Gasteiger partial charge on any atom is 0.325 e. The molecular weight excluding hydrogens is 280 g/mol. The summed E-state index contributed by atoms with van der Waals surface area (Å²) in [7, 11) is 0. The Kier molecular flexibility index (Phi) is 4.36. The molecule has 0 spiro atoms. The van der Waals surface area contributed by atoms with Gasteiger partial charge in [-0.25, -0.2) is 9.48 Å². The topological polar surface area (TPSA) is 143 Å². The van der Waals surface area contributed by atoms with Gasteiger partial charge in [0.05, 0.1) is 18.7 Å².